The third-order valence-electron chi connectivity index (χ3n) is 3.01. The summed E-state index contributed by atoms with van der Waals surface area (Å²) in [7, 11) is -2.20. The van der Waals surface area contributed by atoms with Crippen LogP contribution in [0, 0.1) is 13.8 Å². The molecule has 8 heteroatoms. The fourth-order valence-corrected chi connectivity index (χ4v) is 3.69. The predicted octanol–water partition coefficient (Wildman–Crippen LogP) is 2.18. The number of nitrogens with zero attached hydrogens (tertiary/aromatic N) is 1. The van der Waals surface area contributed by atoms with Crippen molar-refractivity contribution < 1.29 is 17.9 Å². The van der Waals surface area contributed by atoms with Gasteiger partial charge < -0.3 is 10.1 Å². The third kappa shape index (κ3) is 3.83. The van der Waals surface area contributed by atoms with E-state index >= 15 is 0 Å². The molecule has 0 radical (unpaired) electrons. The molecule has 1 aromatic heterocycles. The van der Waals surface area contributed by atoms with E-state index in [0.29, 0.717) is 10.9 Å². The Morgan fingerprint density at radius 2 is 1.91 bits per heavy atom. The van der Waals surface area contributed by atoms with Gasteiger partial charge >= 0.3 is 0 Å². The van der Waals surface area contributed by atoms with E-state index in [1.54, 1.807) is 12.1 Å². The number of benzene rings is 1. The number of aryl methyl sites for hydroxylation is 2. The van der Waals surface area contributed by atoms with Crippen molar-refractivity contribution in [3.05, 3.63) is 34.8 Å². The summed E-state index contributed by atoms with van der Waals surface area (Å²) in [4.78, 5) is 17.1. The second-order valence-electron chi connectivity index (χ2n) is 4.64. The van der Waals surface area contributed by atoms with Gasteiger partial charge in [0.1, 0.15) is 11.5 Å². The van der Waals surface area contributed by atoms with Gasteiger partial charge in [-0.2, -0.15) is 0 Å². The number of ether oxygens (including phenoxy) is 1. The summed E-state index contributed by atoms with van der Waals surface area (Å²) in [5, 5.41) is 2.92. The molecule has 2 aromatic rings. The van der Waals surface area contributed by atoms with Crippen LogP contribution in [0.3, 0.4) is 0 Å². The maximum Gasteiger partial charge on any atom is 0.241 e. The summed E-state index contributed by atoms with van der Waals surface area (Å²) >= 11 is 1.32. The number of nitrogens with one attached hydrogen (secondary N) is 1. The Labute approximate surface area is 133 Å². The van der Waals surface area contributed by atoms with Gasteiger partial charge in [-0.1, -0.05) is 0 Å². The topological polar surface area (TPSA) is 85.4 Å². The van der Waals surface area contributed by atoms with Crippen molar-refractivity contribution in [1.29, 1.82) is 0 Å². The van der Waals surface area contributed by atoms with Crippen molar-refractivity contribution in [2.24, 2.45) is 0 Å². The van der Waals surface area contributed by atoms with Crippen LogP contribution in [0.15, 0.2) is 29.2 Å². The van der Waals surface area contributed by atoms with E-state index in [1.807, 2.05) is 13.8 Å². The van der Waals surface area contributed by atoms with E-state index in [2.05, 4.69) is 10.3 Å². The number of sulfone groups is 1. The molecule has 22 heavy (non-hydrogen) atoms. The Kier molecular flexibility index (Phi) is 4.82. The van der Waals surface area contributed by atoms with Gasteiger partial charge in [-0.15, -0.1) is 11.3 Å². The number of hydrogen-bond acceptors (Lipinski definition) is 6. The second kappa shape index (κ2) is 6.45. The zero-order valence-electron chi connectivity index (χ0n) is 12.4. The summed E-state index contributed by atoms with van der Waals surface area (Å²) in [5.74, 6) is -0.682. The SMILES string of the molecule is COc1ccc(S(=O)(=O)CC(=O)Nc2nc(C)c(C)s2)cc1. The van der Waals surface area contributed by atoms with Crippen LogP contribution in [0.2, 0.25) is 0 Å². The first-order valence-corrected chi connectivity index (χ1v) is 8.89. The summed E-state index contributed by atoms with van der Waals surface area (Å²) in [5.41, 5.74) is 0.818. The minimum atomic E-state index is -3.70. The van der Waals surface area contributed by atoms with Crippen molar-refractivity contribution in [1.82, 2.24) is 4.98 Å². The summed E-state index contributed by atoms with van der Waals surface area (Å²) in [6, 6.07) is 5.91. The van der Waals surface area contributed by atoms with E-state index in [-0.39, 0.29) is 4.90 Å². The molecule has 1 heterocycles. The molecule has 0 saturated heterocycles. The molecule has 0 fully saturated rings. The van der Waals surface area contributed by atoms with Crippen molar-refractivity contribution in [3.8, 4) is 5.75 Å². The van der Waals surface area contributed by atoms with E-state index in [9.17, 15) is 13.2 Å². The van der Waals surface area contributed by atoms with E-state index in [4.69, 9.17) is 4.74 Å². The number of hydrogen-bond donors (Lipinski definition) is 1. The average Bonchev–Trinajstić information content (AvgIpc) is 2.76. The van der Waals surface area contributed by atoms with Gasteiger partial charge in [0.15, 0.2) is 15.0 Å². The van der Waals surface area contributed by atoms with E-state index < -0.39 is 21.5 Å². The first-order valence-electron chi connectivity index (χ1n) is 6.42. The quantitative estimate of drug-likeness (QED) is 0.902. The zero-order chi connectivity index (χ0) is 16.3. The third-order valence-corrected chi connectivity index (χ3v) is 5.64. The first kappa shape index (κ1) is 16.4. The van der Waals surface area contributed by atoms with Crippen molar-refractivity contribution in [3.63, 3.8) is 0 Å². The number of thiazole rings is 1. The highest BCUT2D eigenvalue weighted by molar-refractivity contribution is 7.92. The molecule has 118 valence electrons. The van der Waals surface area contributed by atoms with Gasteiger partial charge in [-0.25, -0.2) is 13.4 Å². The van der Waals surface area contributed by atoms with Crippen LogP contribution in [0.4, 0.5) is 5.13 Å². The van der Waals surface area contributed by atoms with Crippen molar-refractivity contribution in [2.75, 3.05) is 18.2 Å². The molecule has 0 aliphatic carbocycles. The van der Waals surface area contributed by atoms with Crippen LogP contribution in [0.1, 0.15) is 10.6 Å². The highest BCUT2D eigenvalue weighted by Gasteiger charge is 2.20. The lowest BCUT2D eigenvalue weighted by molar-refractivity contribution is -0.113. The van der Waals surface area contributed by atoms with Crippen molar-refractivity contribution >= 4 is 32.2 Å². The van der Waals surface area contributed by atoms with Crippen LogP contribution in [-0.2, 0) is 14.6 Å². The van der Waals surface area contributed by atoms with Gasteiger partial charge in [0.2, 0.25) is 5.91 Å². The molecule has 0 unspecified atom stereocenters. The normalized spacial score (nSPS) is 11.2. The van der Waals surface area contributed by atoms with Gasteiger partial charge in [0.25, 0.3) is 0 Å². The number of carbonyl (C=O) groups excluding carboxylic acids is 1. The average molecular weight is 340 g/mol. The van der Waals surface area contributed by atoms with E-state index in [1.165, 1.54) is 30.6 Å². The molecule has 1 N–H and O–H groups in total. The standard InChI is InChI=1S/C14H16N2O4S2/c1-9-10(2)21-14(15-9)16-13(17)8-22(18,19)12-6-4-11(20-3)5-7-12/h4-7H,8H2,1-3H3,(H,15,16,17). The van der Waals surface area contributed by atoms with Crippen LogP contribution in [-0.4, -0.2) is 32.2 Å². The lowest BCUT2D eigenvalue weighted by Gasteiger charge is -2.05. The fraction of sp³-hybridized carbons (Fsp3) is 0.286. The van der Waals surface area contributed by atoms with Gasteiger partial charge in [0.05, 0.1) is 17.7 Å². The Morgan fingerprint density at radius 3 is 2.41 bits per heavy atom. The molecule has 1 amide bonds. The highest BCUT2D eigenvalue weighted by Crippen LogP contribution is 2.21. The lowest BCUT2D eigenvalue weighted by Crippen LogP contribution is -2.22. The van der Waals surface area contributed by atoms with Gasteiger partial charge in [-0.05, 0) is 38.1 Å². The number of methoxy groups -OCH3 is 1. The summed E-state index contributed by atoms with van der Waals surface area (Å²) < 4.78 is 29.3. The largest absolute Gasteiger partial charge is 0.497 e. The minimum absolute atomic E-state index is 0.0787. The number of amides is 1. The molecule has 0 aliphatic rings. The molecule has 6 nitrogen and oxygen atoms in total. The van der Waals surface area contributed by atoms with E-state index in [0.717, 1.165) is 10.6 Å². The molecule has 0 bridgehead atoms. The number of carbonyl (C=O) groups is 1. The molecule has 1 aromatic carbocycles. The maximum absolute atomic E-state index is 12.2. The Balaban J connectivity index is 2.08. The minimum Gasteiger partial charge on any atom is -0.497 e. The number of aromatic nitrogens is 1. The van der Waals surface area contributed by atoms with Gasteiger partial charge in [0, 0.05) is 4.88 Å². The fourth-order valence-electron chi connectivity index (χ4n) is 1.72. The molecular weight excluding hydrogens is 324 g/mol. The first-order chi connectivity index (χ1) is 10.3. The molecule has 2 rings (SSSR count). The molecule has 0 saturated carbocycles. The van der Waals surface area contributed by atoms with Crippen LogP contribution in [0.25, 0.3) is 0 Å². The van der Waals surface area contributed by atoms with Gasteiger partial charge in [-0.3, -0.25) is 4.79 Å². The number of rotatable bonds is 5. The second-order valence-corrected chi connectivity index (χ2v) is 7.84. The van der Waals surface area contributed by atoms with Crippen molar-refractivity contribution in [2.45, 2.75) is 18.7 Å². The Bertz CT molecular complexity index is 760. The maximum atomic E-state index is 12.2. The molecule has 0 spiro atoms. The smallest absolute Gasteiger partial charge is 0.241 e. The zero-order valence-corrected chi connectivity index (χ0v) is 14.0. The predicted molar refractivity (Wildman–Crippen MR) is 85.3 cm³/mol. The highest BCUT2D eigenvalue weighted by atomic mass is 32.2. The van der Waals surface area contributed by atoms with Crippen LogP contribution >= 0.6 is 11.3 Å². The monoisotopic (exact) mass is 340 g/mol. The summed E-state index contributed by atoms with van der Waals surface area (Å²) in [6.07, 6.45) is 0. The lowest BCUT2D eigenvalue weighted by atomic mass is 10.3. The number of anilines is 1. The van der Waals surface area contributed by atoms with Crippen LogP contribution < -0.4 is 10.1 Å². The molecule has 0 aliphatic heterocycles. The van der Waals surface area contributed by atoms with Crippen LogP contribution in [0.5, 0.6) is 5.75 Å². The Hall–Kier alpha value is -1.93. The molecule has 0 atom stereocenters. The summed E-state index contributed by atoms with van der Waals surface area (Å²) in [6.45, 7) is 3.71. The molecular formula is C14H16N2O4S2. The Morgan fingerprint density at radius 1 is 1.27 bits per heavy atom.